The number of nitrogens with zero attached hydrogens (tertiary/aromatic N) is 3. The van der Waals surface area contributed by atoms with Crippen molar-refractivity contribution >= 4 is 50.9 Å². The van der Waals surface area contributed by atoms with Gasteiger partial charge in [-0.3, -0.25) is 4.79 Å². The van der Waals surface area contributed by atoms with E-state index >= 15 is 0 Å². The molecule has 0 fully saturated rings. The van der Waals surface area contributed by atoms with Gasteiger partial charge in [-0.25, -0.2) is 4.68 Å². The number of rotatable bonds is 6. The molecule has 7 nitrogen and oxygen atoms in total. The second-order valence-corrected chi connectivity index (χ2v) is 8.35. The second-order valence-electron chi connectivity index (χ2n) is 5.75. The molecule has 3 rings (SSSR count). The smallest absolute Gasteiger partial charge is 0.237 e. The van der Waals surface area contributed by atoms with Crippen molar-refractivity contribution in [1.29, 1.82) is 0 Å². The Balaban J connectivity index is 1.75. The van der Waals surface area contributed by atoms with Crippen LogP contribution in [0.25, 0.3) is 11.4 Å². The standard InChI is InChI=1S/C18H17BrClN5O2S/c1-10(17(26)22-14-9-11(20)7-8-15(14)27-2)28-18-24-23-16(25(18)21)12-5-3-4-6-13(12)19/h3-10H,21H2,1-2H3,(H,22,26). The van der Waals surface area contributed by atoms with Crippen LogP contribution in [0.5, 0.6) is 5.75 Å². The van der Waals surface area contributed by atoms with Crippen LogP contribution < -0.4 is 15.9 Å². The topological polar surface area (TPSA) is 95.1 Å². The van der Waals surface area contributed by atoms with Gasteiger partial charge in [0.2, 0.25) is 11.1 Å². The van der Waals surface area contributed by atoms with E-state index in [1.165, 1.54) is 23.5 Å². The Labute approximate surface area is 179 Å². The highest BCUT2D eigenvalue weighted by Gasteiger charge is 2.21. The number of nitrogens with one attached hydrogen (secondary N) is 1. The van der Waals surface area contributed by atoms with Gasteiger partial charge in [0.1, 0.15) is 5.75 Å². The van der Waals surface area contributed by atoms with Gasteiger partial charge in [0.05, 0.1) is 18.0 Å². The molecule has 0 spiro atoms. The molecule has 0 aliphatic heterocycles. The fraction of sp³-hybridized carbons (Fsp3) is 0.167. The lowest BCUT2D eigenvalue weighted by Crippen LogP contribution is -2.24. The zero-order chi connectivity index (χ0) is 20.3. The Morgan fingerprint density at radius 3 is 2.79 bits per heavy atom. The maximum absolute atomic E-state index is 12.6. The quantitative estimate of drug-likeness (QED) is 0.404. The van der Waals surface area contributed by atoms with Gasteiger partial charge in [0.25, 0.3) is 0 Å². The molecule has 1 amide bonds. The molecule has 0 radical (unpaired) electrons. The van der Waals surface area contributed by atoms with Crippen LogP contribution in [0.4, 0.5) is 5.69 Å². The van der Waals surface area contributed by atoms with E-state index in [4.69, 9.17) is 22.2 Å². The van der Waals surface area contributed by atoms with E-state index in [0.29, 0.717) is 27.4 Å². The molecule has 3 aromatic rings. The minimum atomic E-state index is -0.484. The molecule has 28 heavy (non-hydrogen) atoms. The van der Waals surface area contributed by atoms with E-state index in [-0.39, 0.29) is 5.91 Å². The predicted octanol–water partition coefficient (Wildman–Crippen LogP) is 4.20. The number of carbonyl (C=O) groups excluding carboxylic acids is 1. The number of thioether (sulfide) groups is 1. The molecule has 0 saturated carbocycles. The molecular formula is C18H17BrClN5O2S. The van der Waals surface area contributed by atoms with Crippen LogP contribution in [-0.2, 0) is 4.79 Å². The molecule has 0 saturated heterocycles. The number of nitrogens with two attached hydrogens (primary N) is 1. The maximum atomic E-state index is 12.6. The summed E-state index contributed by atoms with van der Waals surface area (Å²) >= 11 is 10.7. The predicted molar refractivity (Wildman–Crippen MR) is 115 cm³/mol. The summed E-state index contributed by atoms with van der Waals surface area (Å²) in [6, 6.07) is 12.6. The number of nitrogen functional groups attached to an aromatic ring is 1. The zero-order valence-corrected chi connectivity index (χ0v) is 18.2. The largest absolute Gasteiger partial charge is 0.495 e. The fourth-order valence-electron chi connectivity index (χ4n) is 2.41. The molecule has 0 aliphatic rings. The number of hydrogen-bond acceptors (Lipinski definition) is 6. The van der Waals surface area contributed by atoms with Gasteiger partial charge in [-0.15, -0.1) is 10.2 Å². The van der Waals surface area contributed by atoms with Crippen molar-refractivity contribution in [2.45, 2.75) is 17.3 Å². The Kier molecular flexibility index (Phi) is 6.48. The van der Waals surface area contributed by atoms with E-state index < -0.39 is 5.25 Å². The second kappa shape index (κ2) is 8.85. The summed E-state index contributed by atoms with van der Waals surface area (Å²) in [5, 5.41) is 11.5. The van der Waals surface area contributed by atoms with Crippen molar-refractivity contribution in [3.63, 3.8) is 0 Å². The molecule has 1 aromatic heterocycles. The first-order valence-corrected chi connectivity index (χ1v) is 10.2. The Morgan fingerprint density at radius 1 is 1.32 bits per heavy atom. The molecule has 10 heteroatoms. The summed E-state index contributed by atoms with van der Waals surface area (Å²) in [4.78, 5) is 12.6. The number of halogens is 2. The summed E-state index contributed by atoms with van der Waals surface area (Å²) in [6.07, 6.45) is 0. The minimum absolute atomic E-state index is 0.240. The molecule has 3 N–H and O–H groups in total. The molecule has 1 heterocycles. The highest BCUT2D eigenvalue weighted by molar-refractivity contribution is 9.10. The highest BCUT2D eigenvalue weighted by atomic mass is 79.9. The van der Waals surface area contributed by atoms with Gasteiger partial charge in [0.15, 0.2) is 5.82 Å². The summed E-state index contributed by atoms with van der Waals surface area (Å²) in [6.45, 7) is 1.75. The van der Waals surface area contributed by atoms with Crippen molar-refractivity contribution in [3.8, 4) is 17.1 Å². The lowest BCUT2D eigenvalue weighted by molar-refractivity contribution is -0.115. The lowest BCUT2D eigenvalue weighted by Gasteiger charge is -2.14. The monoisotopic (exact) mass is 481 g/mol. The maximum Gasteiger partial charge on any atom is 0.237 e. The Morgan fingerprint density at radius 2 is 2.07 bits per heavy atom. The Hall–Kier alpha value is -2.23. The molecule has 1 atom stereocenters. The van der Waals surface area contributed by atoms with E-state index in [2.05, 4.69) is 31.4 Å². The minimum Gasteiger partial charge on any atom is -0.495 e. The average Bonchev–Trinajstić information content (AvgIpc) is 3.02. The number of hydrogen-bond donors (Lipinski definition) is 2. The van der Waals surface area contributed by atoms with Crippen LogP contribution in [-0.4, -0.2) is 33.1 Å². The van der Waals surface area contributed by atoms with Gasteiger partial charge in [-0.1, -0.05) is 51.4 Å². The number of carbonyl (C=O) groups is 1. The van der Waals surface area contributed by atoms with Gasteiger partial charge in [0, 0.05) is 15.1 Å². The number of ether oxygens (including phenoxy) is 1. The van der Waals surface area contributed by atoms with Gasteiger partial charge >= 0.3 is 0 Å². The lowest BCUT2D eigenvalue weighted by atomic mass is 10.2. The van der Waals surface area contributed by atoms with Crippen LogP contribution in [0.2, 0.25) is 5.02 Å². The first-order valence-electron chi connectivity index (χ1n) is 8.17. The Bertz CT molecular complexity index is 1010. The van der Waals surface area contributed by atoms with Crippen molar-refractivity contribution in [2.75, 3.05) is 18.3 Å². The molecule has 146 valence electrons. The average molecular weight is 483 g/mol. The molecular weight excluding hydrogens is 466 g/mol. The third kappa shape index (κ3) is 4.43. The van der Waals surface area contributed by atoms with E-state index in [9.17, 15) is 4.79 Å². The number of anilines is 1. The zero-order valence-electron chi connectivity index (χ0n) is 15.0. The van der Waals surface area contributed by atoms with Gasteiger partial charge in [-0.2, -0.15) is 0 Å². The summed E-state index contributed by atoms with van der Waals surface area (Å²) < 4.78 is 7.47. The SMILES string of the molecule is COc1ccc(Cl)cc1NC(=O)C(C)Sc1nnc(-c2ccccc2Br)n1N. The van der Waals surface area contributed by atoms with Crippen LogP contribution in [0, 0.1) is 0 Å². The summed E-state index contributed by atoms with van der Waals surface area (Å²) in [7, 11) is 1.53. The highest BCUT2D eigenvalue weighted by Crippen LogP contribution is 2.31. The number of benzene rings is 2. The molecule has 2 aromatic carbocycles. The third-order valence-electron chi connectivity index (χ3n) is 3.85. The van der Waals surface area contributed by atoms with E-state index in [1.54, 1.807) is 25.1 Å². The van der Waals surface area contributed by atoms with Gasteiger partial charge < -0.3 is 15.9 Å². The van der Waals surface area contributed by atoms with Crippen molar-refractivity contribution in [2.24, 2.45) is 0 Å². The van der Waals surface area contributed by atoms with Crippen molar-refractivity contribution in [1.82, 2.24) is 14.9 Å². The number of aromatic nitrogens is 3. The molecule has 0 bridgehead atoms. The normalized spacial score (nSPS) is 11.9. The summed E-state index contributed by atoms with van der Waals surface area (Å²) in [5.41, 5.74) is 1.31. The third-order valence-corrected chi connectivity index (χ3v) is 5.83. The van der Waals surface area contributed by atoms with Crippen LogP contribution in [0.15, 0.2) is 52.1 Å². The summed E-state index contributed by atoms with van der Waals surface area (Å²) in [5.74, 6) is 6.93. The number of amides is 1. The first kappa shape index (κ1) is 20.5. The number of methoxy groups -OCH3 is 1. The van der Waals surface area contributed by atoms with E-state index in [0.717, 1.165) is 10.0 Å². The van der Waals surface area contributed by atoms with Crippen LogP contribution in [0.1, 0.15) is 6.92 Å². The van der Waals surface area contributed by atoms with Crippen molar-refractivity contribution < 1.29 is 9.53 Å². The molecule has 0 aliphatic carbocycles. The van der Waals surface area contributed by atoms with Crippen LogP contribution >= 0.6 is 39.3 Å². The van der Waals surface area contributed by atoms with Crippen molar-refractivity contribution in [3.05, 3.63) is 52.0 Å². The van der Waals surface area contributed by atoms with Crippen LogP contribution in [0.3, 0.4) is 0 Å². The fourth-order valence-corrected chi connectivity index (χ4v) is 3.81. The molecule has 1 unspecified atom stereocenters. The van der Waals surface area contributed by atoms with E-state index in [1.807, 2.05) is 24.3 Å². The first-order chi connectivity index (χ1) is 13.4. The van der Waals surface area contributed by atoms with Gasteiger partial charge in [-0.05, 0) is 37.3 Å².